The third kappa shape index (κ3) is 3.27. The predicted molar refractivity (Wildman–Crippen MR) is 58.5 cm³/mol. The molecule has 0 aliphatic carbocycles. The SMILES string of the molecule is Cc1ccc(C(=O)O)cc1OCC(C)C. The van der Waals surface area contributed by atoms with Crippen LogP contribution in [0.3, 0.4) is 0 Å². The number of aryl methyl sites for hydroxylation is 1. The second-order valence-corrected chi connectivity index (χ2v) is 3.99. The minimum Gasteiger partial charge on any atom is -0.493 e. The number of carboxylic acid groups (broad SMARTS) is 1. The molecule has 0 fully saturated rings. The number of carbonyl (C=O) groups is 1. The van der Waals surface area contributed by atoms with Crippen LogP contribution in [0, 0.1) is 12.8 Å². The Hall–Kier alpha value is -1.51. The molecule has 0 heterocycles. The van der Waals surface area contributed by atoms with Crippen molar-refractivity contribution < 1.29 is 14.6 Å². The summed E-state index contributed by atoms with van der Waals surface area (Å²) in [6.07, 6.45) is 0. The second kappa shape index (κ2) is 4.82. The highest BCUT2D eigenvalue weighted by Crippen LogP contribution is 2.20. The first kappa shape index (κ1) is 11.6. The fraction of sp³-hybridized carbons (Fsp3) is 0.417. The lowest BCUT2D eigenvalue weighted by atomic mass is 10.1. The molecule has 0 saturated carbocycles. The van der Waals surface area contributed by atoms with E-state index in [1.165, 1.54) is 0 Å². The summed E-state index contributed by atoms with van der Waals surface area (Å²) in [5, 5.41) is 8.82. The van der Waals surface area contributed by atoms with Gasteiger partial charge in [0.15, 0.2) is 0 Å². The molecule has 1 aromatic rings. The summed E-state index contributed by atoms with van der Waals surface area (Å²) in [5.41, 5.74) is 1.22. The fourth-order valence-electron chi connectivity index (χ4n) is 1.15. The van der Waals surface area contributed by atoms with Crippen LogP contribution < -0.4 is 4.74 Å². The van der Waals surface area contributed by atoms with E-state index < -0.39 is 5.97 Å². The Morgan fingerprint density at radius 3 is 2.67 bits per heavy atom. The molecule has 0 aliphatic rings. The lowest BCUT2D eigenvalue weighted by Crippen LogP contribution is -2.06. The molecule has 3 nitrogen and oxygen atoms in total. The minimum absolute atomic E-state index is 0.263. The van der Waals surface area contributed by atoms with Gasteiger partial charge >= 0.3 is 5.97 Å². The van der Waals surface area contributed by atoms with Crippen molar-refractivity contribution in [1.82, 2.24) is 0 Å². The number of ether oxygens (including phenoxy) is 1. The van der Waals surface area contributed by atoms with E-state index in [1.807, 2.05) is 6.92 Å². The van der Waals surface area contributed by atoms with E-state index >= 15 is 0 Å². The maximum atomic E-state index is 10.7. The first-order chi connectivity index (χ1) is 7.00. The van der Waals surface area contributed by atoms with Crippen LogP contribution in [-0.2, 0) is 0 Å². The van der Waals surface area contributed by atoms with E-state index in [9.17, 15) is 4.79 Å². The molecule has 1 rings (SSSR count). The summed E-state index contributed by atoms with van der Waals surface area (Å²) < 4.78 is 5.53. The van der Waals surface area contributed by atoms with Gasteiger partial charge in [-0.05, 0) is 30.5 Å². The zero-order valence-corrected chi connectivity index (χ0v) is 9.28. The summed E-state index contributed by atoms with van der Waals surface area (Å²) >= 11 is 0. The van der Waals surface area contributed by atoms with E-state index in [1.54, 1.807) is 18.2 Å². The maximum absolute atomic E-state index is 10.7. The number of benzene rings is 1. The van der Waals surface area contributed by atoms with Crippen LogP contribution in [-0.4, -0.2) is 17.7 Å². The van der Waals surface area contributed by atoms with Crippen molar-refractivity contribution in [2.45, 2.75) is 20.8 Å². The molecule has 0 spiro atoms. The molecule has 0 aliphatic heterocycles. The van der Waals surface area contributed by atoms with Gasteiger partial charge < -0.3 is 9.84 Å². The van der Waals surface area contributed by atoms with Gasteiger partial charge in [0.2, 0.25) is 0 Å². The fourth-order valence-corrected chi connectivity index (χ4v) is 1.15. The summed E-state index contributed by atoms with van der Waals surface area (Å²) in [5.74, 6) is 0.158. The van der Waals surface area contributed by atoms with E-state index in [0.29, 0.717) is 18.3 Å². The van der Waals surface area contributed by atoms with Gasteiger partial charge in [-0.15, -0.1) is 0 Å². The average Bonchev–Trinajstić information content (AvgIpc) is 2.16. The third-order valence-corrected chi connectivity index (χ3v) is 2.01. The zero-order chi connectivity index (χ0) is 11.4. The largest absolute Gasteiger partial charge is 0.493 e. The van der Waals surface area contributed by atoms with Crippen molar-refractivity contribution >= 4 is 5.97 Å². The third-order valence-electron chi connectivity index (χ3n) is 2.01. The van der Waals surface area contributed by atoms with Crippen LogP contribution in [0.1, 0.15) is 29.8 Å². The molecule has 82 valence electrons. The van der Waals surface area contributed by atoms with Gasteiger partial charge in [-0.1, -0.05) is 19.9 Å². The second-order valence-electron chi connectivity index (χ2n) is 3.99. The Balaban J connectivity index is 2.85. The van der Waals surface area contributed by atoms with Gasteiger partial charge in [-0.25, -0.2) is 4.79 Å². The van der Waals surface area contributed by atoms with Gasteiger partial charge in [0.1, 0.15) is 5.75 Å². The van der Waals surface area contributed by atoms with Gasteiger partial charge in [-0.3, -0.25) is 0 Å². The number of hydrogen-bond donors (Lipinski definition) is 1. The Morgan fingerprint density at radius 1 is 1.47 bits per heavy atom. The van der Waals surface area contributed by atoms with E-state index in [2.05, 4.69) is 13.8 Å². The summed E-state index contributed by atoms with van der Waals surface area (Å²) in [6.45, 7) is 6.61. The maximum Gasteiger partial charge on any atom is 0.335 e. The summed E-state index contributed by atoms with van der Waals surface area (Å²) in [6, 6.07) is 4.92. The molecule has 1 N–H and O–H groups in total. The van der Waals surface area contributed by atoms with Crippen LogP contribution in [0.5, 0.6) is 5.75 Å². The Morgan fingerprint density at radius 2 is 2.13 bits per heavy atom. The molecule has 0 aromatic heterocycles. The Labute approximate surface area is 89.7 Å². The highest BCUT2D eigenvalue weighted by atomic mass is 16.5. The van der Waals surface area contributed by atoms with Crippen molar-refractivity contribution in [3.8, 4) is 5.75 Å². The lowest BCUT2D eigenvalue weighted by molar-refractivity contribution is 0.0696. The lowest BCUT2D eigenvalue weighted by Gasteiger charge is -2.11. The molecule has 3 heteroatoms. The molecular weight excluding hydrogens is 192 g/mol. The molecule has 0 bridgehead atoms. The molecule has 0 unspecified atom stereocenters. The summed E-state index contributed by atoms with van der Waals surface area (Å²) in [4.78, 5) is 10.7. The highest BCUT2D eigenvalue weighted by molar-refractivity contribution is 5.88. The van der Waals surface area contributed by atoms with E-state index in [0.717, 1.165) is 5.56 Å². The van der Waals surface area contributed by atoms with Gasteiger partial charge in [-0.2, -0.15) is 0 Å². The number of rotatable bonds is 4. The van der Waals surface area contributed by atoms with Gasteiger partial charge in [0.25, 0.3) is 0 Å². The normalized spacial score (nSPS) is 10.4. The van der Waals surface area contributed by atoms with Gasteiger partial charge in [0.05, 0.1) is 12.2 Å². The quantitative estimate of drug-likeness (QED) is 0.827. The van der Waals surface area contributed by atoms with Crippen molar-refractivity contribution in [3.63, 3.8) is 0 Å². The van der Waals surface area contributed by atoms with Crippen LogP contribution in [0.25, 0.3) is 0 Å². The first-order valence-corrected chi connectivity index (χ1v) is 4.97. The predicted octanol–water partition coefficient (Wildman–Crippen LogP) is 2.73. The molecule has 0 amide bonds. The van der Waals surface area contributed by atoms with Crippen LogP contribution >= 0.6 is 0 Å². The van der Waals surface area contributed by atoms with Crippen LogP contribution in [0.2, 0.25) is 0 Å². The van der Waals surface area contributed by atoms with Crippen molar-refractivity contribution in [1.29, 1.82) is 0 Å². The van der Waals surface area contributed by atoms with Gasteiger partial charge in [0, 0.05) is 0 Å². The van der Waals surface area contributed by atoms with E-state index in [-0.39, 0.29) is 5.56 Å². The van der Waals surface area contributed by atoms with Crippen molar-refractivity contribution in [2.75, 3.05) is 6.61 Å². The highest BCUT2D eigenvalue weighted by Gasteiger charge is 2.07. The molecule has 1 aromatic carbocycles. The van der Waals surface area contributed by atoms with Crippen LogP contribution in [0.15, 0.2) is 18.2 Å². The standard InChI is InChI=1S/C12H16O3/c1-8(2)7-15-11-6-10(12(13)14)5-4-9(11)3/h4-6,8H,7H2,1-3H3,(H,13,14). The molecule has 0 saturated heterocycles. The molecule has 15 heavy (non-hydrogen) atoms. The van der Waals surface area contributed by atoms with E-state index in [4.69, 9.17) is 9.84 Å². The number of hydrogen-bond acceptors (Lipinski definition) is 2. The number of carboxylic acids is 1. The molecule has 0 atom stereocenters. The minimum atomic E-state index is -0.926. The van der Waals surface area contributed by atoms with Crippen LogP contribution in [0.4, 0.5) is 0 Å². The monoisotopic (exact) mass is 208 g/mol. The summed E-state index contributed by atoms with van der Waals surface area (Å²) in [7, 11) is 0. The average molecular weight is 208 g/mol. The van der Waals surface area contributed by atoms with Crippen molar-refractivity contribution in [3.05, 3.63) is 29.3 Å². The molecule has 0 radical (unpaired) electrons. The van der Waals surface area contributed by atoms with Crippen molar-refractivity contribution in [2.24, 2.45) is 5.92 Å². The Kier molecular flexibility index (Phi) is 3.72. The first-order valence-electron chi connectivity index (χ1n) is 4.97. The Bertz CT molecular complexity index is 356. The topological polar surface area (TPSA) is 46.5 Å². The smallest absolute Gasteiger partial charge is 0.335 e. The zero-order valence-electron chi connectivity index (χ0n) is 9.28. The number of aromatic carboxylic acids is 1. The molecular formula is C12H16O3.